The predicted molar refractivity (Wildman–Crippen MR) is 69.7 cm³/mol. The molecular weight excluding hydrogens is 216 g/mol. The minimum Gasteiger partial charge on any atom is -0.346 e. The summed E-state index contributed by atoms with van der Waals surface area (Å²) in [7, 11) is 1.82. The summed E-state index contributed by atoms with van der Waals surface area (Å²) in [4.78, 5) is 26.6. The lowest BCUT2D eigenvalue weighted by atomic mass is 10.2. The number of unbranched alkanes of at least 4 members (excludes halogenated alkanes) is 1. The Labute approximate surface area is 105 Å². The minimum absolute atomic E-state index is 0.167. The molecular formula is C13H26N2O2. The minimum atomic E-state index is 0.167. The summed E-state index contributed by atoms with van der Waals surface area (Å²) >= 11 is 0. The molecule has 0 unspecified atom stereocenters. The fourth-order valence-electron chi connectivity index (χ4n) is 1.75. The van der Waals surface area contributed by atoms with E-state index in [1.54, 1.807) is 4.90 Å². The first-order chi connectivity index (χ1) is 8.06. The van der Waals surface area contributed by atoms with Crippen molar-refractivity contribution in [1.82, 2.24) is 9.80 Å². The highest BCUT2D eigenvalue weighted by Crippen LogP contribution is 2.02. The number of hydrogen-bond acceptors (Lipinski definition) is 2. The third kappa shape index (κ3) is 6.29. The van der Waals surface area contributed by atoms with Crippen LogP contribution in [0.4, 0.5) is 0 Å². The molecule has 2 amide bonds. The maximum atomic E-state index is 11.7. The Kier molecular flexibility index (Phi) is 8.46. The molecule has 17 heavy (non-hydrogen) atoms. The first kappa shape index (κ1) is 15.9. The highest BCUT2D eigenvalue weighted by atomic mass is 16.2. The Morgan fingerprint density at radius 2 is 1.53 bits per heavy atom. The van der Waals surface area contributed by atoms with Crippen LogP contribution in [0.5, 0.6) is 0 Å². The molecule has 4 heteroatoms. The smallest absolute Gasteiger partial charge is 0.222 e. The molecule has 0 saturated carbocycles. The number of carbonyl (C=O) groups is 2. The van der Waals surface area contributed by atoms with Gasteiger partial charge >= 0.3 is 0 Å². The van der Waals surface area contributed by atoms with E-state index in [1.165, 1.54) is 0 Å². The molecule has 0 aromatic carbocycles. The summed E-state index contributed by atoms with van der Waals surface area (Å²) < 4.78 is 0. The van der Waals surface area contributed by atoms with Crippen LogP contribution < -0.4 is 0 Å². The third-order valence-electron chi connectivity index (χ3n) is 2.98. The Morgan fingerprint density at radius 1 is 0.941 bits per heavy atom. The average Bonchev–Trinajstić information content (AvgIpc) is 2.34. The van der Waals surface area contributed by atoms with Gasteiger partial charge in [0.2, 0.25) is 11.8 Å². The first-order valence-corrected chi connectivity index (χ1v) is 6.58. The summed E-state index contributed by atoms with van der Waals surface area (Å²) in [5.41, 5.74) is 0. The lowest BCUT2D eigenvalue weighted by Gasteiger charge is -2.19. The zero-order chi connectivity index (χ0) is 13.3. The molecule has 0 aromatic heterocycles. The fraction of sp³-hybridized carbons (Fsp3) is 0.846. The van der Waals surface area contributed by atoms with Crippen molar-refractivity contribution >= 4 is 11.8 Å². The molecule has 0 saturated heterocycles. The molecule has 0 aliphatic rings. The molecule has 0 bridgehead atoms. The van der Waals surface area contributed by atoms with Crippen LogP contribution in [-0.2, 0) is 9.59 Å². The van der Waals surface area contributed by atoms with Crippen LogP contribution in [-0.4, -0.2) is 48.3 Å². The lowest BCUT2D eigenvalue weighted by Crippen LogP contribution is -2.30. The van der Waals surface area contributed by atoms with E-state index in [-0.39, 0.29) is 11.8 Å². The van der Waals surface area contributed by atoms with Crippen molar-refractivity contribution in [3.8, 4) is 0 Å². The highest BCUT2D eigenvalue weighted by Gasteiger charge is 2.09. The molecule has 0 aromatic rings. The van der Waals surface area contributed by atoms with Gasteiger partial charge in [-0.05, 0) is 26.7 Å². The van der Waals surface area contributed by atoms with Gasteiger partial charge in [-0.1, -0.05) is 6.92 Å². The second-order valence-electron chi connectivity index (χ2n) is 4.19. The Bertz CT molecular complexity index is 238. The fourth-order valence-corrected chi connectivity index (χ4v) is 1.75. The van der Waals surface area contributed by atoms with Gasteiger partial charge in [-0.3, -0.25) is 9.59 Å². The van der Waals surface area contributed by atoms with E-state index in [9.17, 15) is 9.59 Å². The van der Waals surface area contributed by atoms with Gasteiger partial charge in [-0.15, -0.1) is 0 Å². The van der Waals surface area contributed by atoms with Crippen LogP contribution in [0.1, 0.15) is 46.5 Å². The van der Waals surface area contributed by atoms with Gasteiger partial charge in [0.05, 0.1) is 0 Å². The molecule has 0 aliphatic heterocycles. The van der Waals surface area contributed by atoms with Crippen molar-refractivity contribution < 1.29 is 9.59 Å². The van der Waals surface area contributed by atoms with Gasteiger partial charge in [0, 0.05) is 39.5 Å². The molecule has 0 radical (unpaired) electrons. The van der Waals surface area contributed by atoms with Crippen LogP contribution >= 0.6 is 0 Å². The average molecular weight is 242 g/mol. The number of hydrogen-bond donors (Lipinski definition) is 0. The summed E-state index contributed by atoms with van der Waals surface area (Å²) in [5, 5.41) is 0. The van der Waals surface area contributed by atoms with Crippen LogP contribution in [0.15, 0.2) is 0 Å². The zero-order valence-corrected chi connectivity index (χ0v) is 11.7. The van der Waals surface area contributed by atoms with E-state index in [1.807, 2.05) is 32.7 Å². The van der Waals surface area contributed by atoms with Gasteiger partial charge in [0.25, 0.3) is 0 Å². The van der Waals surface area contributed by atoms with Crippen molar-refractivity contribution in [2.75, 3.05) is 26.7 Å². The van der Waals surface area contributed by atoms with Crippen LogP contribution in [0, 0.1) is 0 Å². The molecule has 0 atom stereocenters. The molecule has 0 N–H and O–H groups in total. The Hall–Kier alpha value is -1.06. The summed E-state index contributed by atoms with van der Waals surface area (Å²) in [6, 6.07) is 0. The van der Waals surface area contributed by atoms with Crippen LogP contribution in [0.2, 0.25) is 0 Å². The monoisotopic (exact) mass is 242 g/mol. The maximum absolute atomic E-state index is 11.7. The van der Waals surface area contributed by atoms with Gasteiger partial charge in [0.15, 0.2) is 0 Å². The van der Waals surface area contributed by atoms with Crippen molar-refractivity contribution in [1.29, 1.82) is 0 Å². The topological polar surface area (TPSA) is 40.6 Å². The Morgan fingerprint density at radius 3 is 2.00 bits per heavy atom. The predicted octanol–water partition coefficient (Wildman–Crippen LogP) is 1.89. The first-order valence-electron chi connectivity index (χ1n) is 6.58. The second-order valence-corrected chi connectivity index (χ2v) is 4.19. The molecule has 100 valence electrons. The van der Waals surface area contributed by atoms with E-state index in [0.717, 1.165) is 32.5 Å². The number of rotatable bonds is 8. The molecule has 0 spiro atoms. The quantitative estimate of drug-likeness (QED) is 0.610. The van der Waals surface area contributed by atoms with E-state index < -0.39 is 0 Å². The highest BCUT2D eigenvalue weighted by molar-refractivity contribution is 5.76. The van der Waals surface area contributed by atoms with Crippen molar-refractivity contribution in [2.45, 2.75) is 46.5 Å². The zero-order valence-electron chi connectivity index (χ0n) is 11.7. The Balaban J connectivity index is 3.71. The molecule has 0 aliphatic carbocycles. The van der Waals surface area contributed by atoms with E-state index in [2.05, 4.69) is 0 Å². The summed E-state index contributed by atoms with van der Waals surface area (Å²) in [5.74, 6) is 0.388. The van der Waals surface area contributed by atoms with E-state index in [0.29, 0.717) is 12.8 Å². The third-order valence-corrected chi connectivity index (χ3v) is 2.98. The number of amides is 2. The SMILES string of the molecule is CCC(=O)N(C)CCCCC(=O)N(CC)CC. The van der Waals surface area contributed by atoms with Gasteiger partial charge in [-0.2, -0.15) is 0 Å². The van der Waals surface area contributed by atoms with Crippen LogP contribution in [0.25, 0.3) is 0 Å². The molecule has 0 heterocycles. The van der Waals surface area contributed by atoms with Gasteiger partial charge in [0.1, 0.15) is 0 Å². The van der Waals surface area contributed by atoms with Crippen LogP contribution in [0.3, 0.4) is 0 Å². The molecule has 0 rings (SSSR count). The van der Waals surface area contributed by atoms with Crippen molar-refractivity contribution in [3.05, 3.63) is 0 Å². The van der Waals surface area contributed by atoms with Crippen molar-refractivity contribution in [2.24, 2.45) is 0 Å². The lowest BCUT2D eigenvalue weighted by molar-refractivity contribution is -0.130. The second kappa shape index (κ2) is 9.02. The standard InChI is InChI=1S/C13H26N2O2/c1-5-12(16)14(4)11-9-8-10-13(17)15(6-2)7-3/h5-11H2,1-4H3. The maximum Gasteiger partial charge on any atom is 0.222 e. The van der Waals surface area contributed by atoms with Crippen molar-refractivity contribution in [3.63, 3.8) is 0 Å². The number of nitrogens with zero attached hydrogens (tertiary/aromatic N) is 2. The molecule has 4 nitrogen and oxygen atoms in total. The number of carbonyl (C=O) groups excluding carboxylic acids is 2. The van der Waals surface area contributed by atoms with Gasteiger partial charge in [-0.25, -0.2) is 0 Å². The molecule has 0 fully saturated rings. The summed E-state index contributed by atoms with van der Waals surface area (Å²) in [6.45, 7) is 8.16. The van der Waals surface area contributed by atoms with E-state index >= 15 is 0 Å². The largest absolute Gasteiger partial charge is 0.346 e. The normalized spacial score (nSPS) is 10.1. The van der Waals surface area contributed by atoms with Gasteiger partial charge < -0.3 is 9.80 Å². The van der Waals surface area contributed by atoms with E-state index in [4.69, 9.17) is 0 Å². The summed E-state index contributed by atoms with van der Waals surface area (Å²) in [6.07, 6.45) is 2.90.